The molecule has 4 aromatic heterocycles. The third-order valence-corrected chi connectivity index (χ3v) is 5.01. The molecule has 0 spiro atoms. The molecule has 4 aromatic rings. The van der Waals surface area contributed by atoms with Gasteiger partial charge in [-0.05, 0) is 30.0 Å². The number of aromatic nitrogens is 4. The summed E-state index contributed by atoms with van der Waals surface area (Å²) in [6.07, 6.45) is 5.49. The van der Waals surface area contributed by atoms with Crippen molar-refractivity contribution in [2.24, 2.45) is 5.41 Å². The molecule has 7 heteroatoms. The van der Waals surface area contributed by atoms with Crippen molar-refractivity contribution in [2.75, 3.05) is 5.32 Å². The van der Waals surface area contributed by atoms with E-state index in [1.54, 1.807) is 12.5 Å². The fraction of sp³-hybridized carbons (Fsp3) is 0.318. The molecule has 29 heavy (non-hydrogen) atoms. The molecule has 0 saturated heterocycles. The van der Waals surface area contributed by atoms with Gasteiger partial charge in [0.05, 0.1) is 12.5 Å². The minimum atomic E-state index is -0.405. The molecule has 0 fully saturated rings. The quantitative estimate of drug-likeness (QED) is 0.458. The third-order valence-electron chi connectivity index (χ3n) is 5.01. The van der Waals surface area contributed by atoms with Gasteiger partial charge in [0.25, 0.3) is 0 Å². The number of nitrogens with zero attached hydrogens (tertiary/aromatic N) is 3. The molecule has 0 aliphatic carbocycles. The van der Waals surface area contributed by atoms with E-state index in [9.17, 15) is 4.39 Å². The summed E-state index contributed by atoms with van der Waals surface area (Å²) in [4.78, 5) is 16.6. The molecular weight excluding hydrogens is 369 g/mol. The number of pyridine rings is 1. The van der Waals surface area contributed by atoms with E-state index in [2.05, 4.69) is 48.0 Å². The molecule has 150 valence electrons. The maximum atomic E-state index is 13.8. The topological polar surface area (TPSA) is 79.6 Å². The zero-order valence-electron chi connectivity index (χ0n) is 17.0. The van der Waals surface area contributed by atoms with E-state index in [0.717, 1.165) is 6.42 Å². The van der Waals surface area contributed by atoms with Crippen LogP contribution in [0.3, 0.4) is 0 Å². The van der Waals surface area contributed by atoms with Crippen LogP contribution in [-0.2, 0) is 0 Å². The van der Waals surface area contributed by atoms with E-state index in [-0.39, 0.29) is 11.5 Å². The molecule has 0 aromatic carbocycles. The van der Waals surface area contributed by atoms with Gasteiger partial charge in [0.2, 0.25) is 0 Å². The van der Waals surface area contributed by atoms with Gasteiger partial charge in [-0.15, -0.1) is 0 Å². The predicted octanol–water partition coefficient (Wildman–Crippen LogP) is 5.66. The summed E-state index contributed by atoms with van der Waals surface area (Å²) in [7, 11) is 0. The van der Waals surface area contributed by atoms with E-state index < -0.39 is 5.82 Å². The summed E-state index contributed by atoms with van der Waals surface area (Å²) in [6.45, 7) is 8.72. The molecule has 2 N–H and O–H groups in total. The van der Waals surface area contributed by atoms with Gasteiger partial charge >= 0.3 is 0 Å². The van der Waals surface area contributed by atoms with E-state index >= 15 is 0 Å². The molecule has 0 aliphatic rings. The minimum absolute atomic E-state index is 0.0541. The second-order valence-corrected chi connectivity index (χ2v) is 8.16. The largest absolute Gasteiger partial charge is 0.463 e. The molecule has 0 radical (unpaired) electrons. The Morgan fingerprint density at radius 2 is 2.07 bits per heavy atom. The Labute approximate surface area is 168 Å². The van der Waals surface area contributed by atoms with Crippen LogP contribution >= 0.6 is 0 Å². The first-order chi connectivity index (χ1) is 13.8. The van der Waals surface area contributed by atoms with Gasteiger partial charge in [-0.3, -0.25) is 0 Å². The number of halogens is 1. The SMILES string of the molecule is CC[C@@H](Nc1cc(-c2ccco2)nc(-c2c[nH]c3ncc(F)cc23)n1)C(C)(C)C. The summed E-state index contributed by atoms with van der Waals surface area (Å²) in [5.74, 6) is 1.41. The van der Waals surface area contributed by atoms with E-state index in [0.29, 0.717) is 39.7 Å². The molecule has 4 rings (SSSR count). The third kappa shape index (κ3) is 3.85. The van der Waals surface area contributed by atoms with Crippen LogP contribution in [0.2, 0.25) is 0 Å². The van der Waals surface area contributed by atoms with Crippen LogP contribution in [-0.4, -0.2) is 26.0 Å². The first-order valence-electron chi connectivity index (χ1n) is 9.67. The van der Waals surface area contributed by atoms with Crippen LogP contribution in [0.4, 0.5) is 10.2 Å². The summed E-state index contributed by atoms with van der Waals surface area (Å²) in [6, 6.07) is 7.21. The highest BCUT2D eigenvalue weighted by molar-refractivity contribution is 5.92. The zero-order valence-corrected chi connectivity index (χ0v) is 17.0. The standard InChI is InChI=1S/C22H24FN5O/c1-5-18(22(2,3)4)27-19-10-16(17-7-6-8-29-17)26-21(28-19)15-12-25-20-14(15)9-13(23)11-24-20/h6-12,18H,5H2,1-4H3,(H,24,25)(H,26,27,28)/t18-/m1/s1. The highest BCUT2D eigenvalue weighted by Gasteiger charge is 2.24. The second kappa shape index (κ2) is 7.31. The van der Waals surface area contributed by atoms with E-state index in [4.69, 9.17) is 9.40 Å². The molecule has 0 aliphatic heterocycles. The summed E-state index contributed by atoms with van der Waals surface area (Å²) >= 11 is 0. The first-order valence-corrected chi connectivity index (χ1v) is 9.67. The van der Waals surface area contributed by atoms with Crippen molar-refractivity contribution in [2.45, 2.75) is 40.2 Å². The Bertz CT molecular complexity index is 1130. The fourth-order valence-electron chi connectivity index (χ4n) is 3.46. The van der Waals surface area contributed by atoms with Crippen LogP contribution < -0.4 is 5.32 Å². The Kier molecular flexibility index (Phi) is 4.82. The van der Waals surface area contributed by atoms with Crippen LogP contribution in [0.1, 0.15) is 34.1 Å². The molecule has 0 bridgehead atoms. The van der Waals surface area contributed by atoms with Crippen LogP contribution in [0.5, 0.6) is 0 Å². The maximum Gasteiger partial charge on any atom is 0.164 e. The minimum Gasteiger partial charge on any atom is -0.463 e. The van der Waals surface area contributed by atoms with Gasteiger partial charge < -0.3 is 14.7 Å². The number of hydrogen-bond donors (Lipinski definition) is 2. The number of nitrogens with one attached hydrogen (secondary N) is 2. The van der Waals surface area contributed by atoms with Crippen molar-refractivity contribution in [3.8, 4) is 22.8 Å². The van der Waals surface area contributed by atoms with Gasteiger partial charge in [-0.2, -0.15) is 0 Å². The van der Waals surface area contributed by atoms with Crippen LogP contribution in [0.25, 0.3) is 33.9 Å². The van der Waals surface area contributed by atoms with Crippen molar-refractivity contribution >= 4 is 16.9 Å². The van der Waals surface area contributed by atoms with E-state index in [1.165, 1.54) is 12.3 Å². The molecular formula is C22H24FN5O. The summed E-state index contributed by atoms with van der Waals surface area (Å²) in [5, 5.41) is 4.17. The van der Waals surface area contributed by atoms with Gasteiger partial charge in [-0.1, -0.05) is 27.7 Å². The number of furan rings is 1. The lowest BCUT2D eigenvalue weighted by Gasteiger charge is -2.31. The number of fused-ring (bicyclic) bond motifs is 1. The van der Waals surface area contributed by atoms with Crippen molar-refractivity contribution in [3.05, 3.63) is 48.7 Å². The Morgan fingerprint density at radius 3 is 2.76 bits per heavy atom. The number of H-pyrrole nitrogens is 1. The first kappa shape index (κ1) is 19.1. The highest BCUT2D eigenvalue weighted by atomic mass is 19.1. The van der Waals surface area contributed by atoms with Crippen LogP contribution in [0, 0.1) is 11.2 Å². The normalized spacial score (nSPS) is 13.0. The van der Waals surface area contributed by atoms with E-state index in [1.807, 2.05) is 18.2 Å². The Balaban J connectivity index is 1.85. The van der Waals surface area contributed by atoms with Crippen LogP contribution in [0.15, 0.2) is 47.3 Å². The molecule has 6 nitrogen and oxygen atoms in total. The summed E-state index contributed by atoms with van der Waals surface area (Å²) < 4.78 is 19.4. The summed E-state index contributed by atoms with van der Waals surface area (Å²) in [5.41, 5.74) is 1.99. The number of hydrogen-bond acceptors (Lipinski definition) is 5. The highest BCUT2D eigenvalue weighted by Crippen LogP contribution is 2.31. The number of anilines is 1. The fourth-order valence-corrected chi connectivity index (χ4v) is 3.46. The average Bonchev–Trinajstić information content (AvgIpc) is 3.34. The Hall–Kier alpha value is -3.22. The lowest BCUT2D eigenvalue weighted by molar-refractivity contribution is 0.333. The van der Waals surface area contributed by atoms with Crippen molar-refractivity contribution in [1.82, 2.24) is 19.9 Å². The number of aromatic amines is 1. The van der Waals surface area contributed by atoms with Crippen molar-refractivity contribution in [3.63, 3.8) is 0 Å². The number of rotatable bonds is 5. The maximum absolute atomic E-state index is 13.8. The van der Waals surface area contributed by atoms with Gasteiger partial charge in [0.15, 0.2) is 11.6 Å². The van der Waals surface area contributed by atoms with Gasteiger partial charge in [-0.25, -0.2) is 19.3 Å². The zero-order chi connectivity index (χ0) is 20.6. The lowest BCUT2D eigenvalue weighted by atomic mass is 9.85. The molecule has 4 heterocycles. The average molecular weight is 393 g/mol. The smallest absolute Gasteiger partial charge is 0.164 e. The molecule has 0 amide bonds. The molecule has 0 unspecified atom stereocenters. The monoisotopic (exact) mass is 393 g/mol. The van der Waals surface area contributed by atoms with Crippen molar-refractivity contribution < 1.29 is 8.81 Å². The van der Waals surface area contributed by atoms with Gasteiger partial charge in [0, 0.05) is 29.3 Å². The van der Waals surface area contributed by atoms with Gasteiger partial charge in [0.1, 0.15) is 23.0 Å². The Morgan fingerprint density at radius 1 is 1.24 bits per heavy atom. The molecule has 0 saturated carbocycles. The second-order valence-electron chi connectivity index (χ2n) is 8.16. The molecule has 1 atom stereocenters. The predicted molar refractivity (Wildman–Crippen MR) is 112 cm³/mol. The lowest BCUT2D eigenvalue weighted by Crippen LogP contribution is -2.33. The van der Waals surface area contributed by atoms with Crippen molar-refractivity contribution in [1.29, 1.82) is 0 Å².